The Labute approximate surface area is 106 Å². The average Bonchev–Trinajstić information content (AvgIpc) is 2.37. The van der Waals surface area contributed by atoms with Crippen molar-refractivity contribution in [3.63, 3.8) is 0 Å². The fourth-order valence-corrected chi connectivity index (χ4v) is 1.40. The number of anilines is 1. The first-order valence-corrected chi connectivity index (χ1v) is 5.94. The van der Waals surface area contributed by atoms with Crippen molar-refractivity contribution in [2.45, 2.75) is 13.8 Å². The van der Waals surface area contributed by atoms with E-state index in [-0.39, 0.29) is 11.5 Å². The number of hydrogen-bond donors (Lipinski definition) is 2. The van der Waals surface area contributed by atoms with Gasteiger partial charge in [-0.2, -0.15) is 0 Å². The molecule has 0 bridgehead atoms. The second-order valence-corrected chi connectivity index (χ2v) is 3.53. The number of hydrogen-bond acceptors (Lipinski definition) is 4. The van der Waals surface area contributed by atoms with Crippen molar-refractivity contribution < 1.29 is 13.9 Å². The molecule has 0 aliphatic rings. The minimum absolute atomic E-state index is 0.202. The fraction of sp³-hybridized carbons (Fsp3) is 0.500. The minimum atomic E-state index is -0.536. The molecule has 0 aliphatic heterocycles. The minimum Gasteiger partial charge on any atom is -0.380 e. The van der Waals surface area contributed by atoms with Crippen molar-refractivity contribution >= 4 is 11.7 Å². The molecule has 0 saturated heterocycles. The number of amides is 1. The maximum Gasteiger partial charge on any atom is 0.255 e. The van der Waals surface area contributed by atoms with Crippen LogP contribution < -0.4 is 10.6 Å². The molecule has 0 spiro atoms. The van der Waals surface area contributed by atoms with Crippen LogP contribution in [0.3, 0.4) is 0 Å². The molecule has 5 nitrogen and oxygen atoms in total. The Kier molecular flexibility index (Phi) is 6.07. The average molecular weight is 255 g/mol. The summed E-state index contributed by atoms with van der Waals surface area (Å²) in [5.74, 6) is -0.517. The molecule has 0 unspecified atom stereocenters. The third-order valence-corrected chi connectivity index (χ3v) is 2.18. The summed E-state index contributed by atoms with van der Waals surface area (Å²) in [6.45, 7) is 5.78. The highest BCUT2D eigenvalue weighted by atomic mass is 19.1. The van der Waals surface area contributed by atoms with Gasteiger partial charge in [0.15, 0.2) is 0 Å². The Hall–Kier alpha value is -1.69. The summed E-state index contributed by atoms with van der Waals surface area (Å²) < 4.78 is 18.2. The summed E-state index contributed by atoms with van der Waals surface area (Å²) >= 11 is 0. The van der Waals surface area contributed by atoms with Crippen LogP contribution in [0.25, 0.3) is 0 Å². The molecular weight excluding hydrogens is 237 g/mol. The quantitative estimate of drug-likeness (QED) is 0.723. The molecule has 0 atom stereocenters. The first kappa shape index (κ1) is 14.4. The van der Waals surface area contributed by atoms with Crippen molar-refractivity contribution in [3.8, 4) is 0 Å². The third kappa shape index (κ3) is 4.29. The maximum absolute atomic E-state index is 13.1. The van der Waals surface area contributed by atoms with Crippen LogP contribution in [0.5, 0.6) is 0 Å². The van der Waals surface area contributed by atoms with Crippen LogP contribution in [0.1, 0.15) is 24.2 Å². The van der Waals surface area contributed by atoms with Crippen molar-refractivity contribution in [2.75, 3.05) is 31.6 Å². The second-order valence-electron chi connectivity index (χ2n) is 3.53. The molecule has 0 radical (unpaired) electrons. The highest BCUT2D eigenvalue weighted by Crippen LogP contribution is 2.13. The summed E-state index contributed by atoms with van der Waals surface area (Å²) in [4.78, 5) is 15.7. The predicted molar refractivity (Wildman–Crippen MR) is 67.2 cm³/mol. The lowest BCUT2D eigenvalue weighted by molar-refractivity contribution is 0.0922. The molecule has 0 aliphatic carbocycles. The Morgan fingerprint density at radius 2 is 2.28 bits per heavy atom. The first-order chi connectivity index (χ1) is 8.69. The summed E-state index contributed by atoms with van der Waals surface area (Å²) in [5.41, 5.74) is 0.202. The smallest absolute Gasteiger partial charge is 0.255 e. The van der Waals surface area contributed by atoms with Gasteiger partial charge in [-0.05, 0) is 19.9 Å². The van der Waals surface area contributed by atoms with Crippen molar-refractivity contribution in [1.82, 2.24) is 10.3 Å². The fourth-order valence-electron chi connectivity index (χ4n) is 1.40. The topological polar surface area (TPSA) is 63.2 Å². The summed E-state index contributed by atoms with van der Waals surface area (Å²) in [6.07, 6.45) is 1.08. The summed E-state index contributed by atoms with van der Waals surface area (Å²) in [7, 11) is 0. The van der Waals surface area contributed by atoms with Crippen LogP contribution in [0.2, 0.25) is 0 Å². The number of rotatable bonds is 7. The van der Waals surface area contributed by atoms with E-state index in [0.29, 0.717) is 32.1 Å². The number of nitrogens with one attached hydrogen (secondary N) is 2. The number of carbonyl (C=O) groups is 1. The normalized spacial score (nSPS) is 10.2. The van der Waals surface area contributed by atoms with E-state index in [0.717, 1.165) is 6.20 Å². The molecular formula is C12H18FN3O2. The second kappa shape index (κ2) is 7.60. The van der Waals surface area contributed by atoms with Crippen LogP contribution in [0.4, 0.5) is 10.2 Å². The lowest BCUT2D eigenvalue weighted by atomic mass is 10.2. The number of carbonyl (C=O) groups excluding carboxylic acids is 1. The van der Waals surface area contributed by atoms with Gasteiger partial charge in [-0.25, -0.2) is 9.37 Å². The summed E-state index contributed by atoms with van der Waals surface area (Å²) in [6, 6.07) is 1.17. The molecule has 1 aromatic heterocycles. The number of ether oxygens (including phenoxy) is 1. The zero-order chi connectivity index (χ0) is 13.4. The molecule has 1 heterocycles. The highest BCUT2D eigenvalue weighted by molar-refractivity contribution is 5.98. The van der Waals surface area contributed by atoms with Gasteiger partial charge in [-0.1, -0.05) is 0 Å². The number of pyridine rings is 1. The van der Waals surface area contributed by atoms with Crippen LogP contribution in [-0.2, 0) is 4.74 Å². The monoisotopic (exact) mass is 255 g/mol. The van der Waals surface area contributed by atoms with Gasteiger partial charge in [0.05, 0.1) is 18.4 Å². The molecule has 100 valence electrons. The standard InChI is InChI=1S/C12H18FN3O2/c1-3-14-11-10(7-9(13)8-16-11)12(17)15-5-6-18-4-2/h7-8H,3-6H2,1-2H3,(H,14,16)(H,15,17). The maximum atomic E-state index is 13.1. The van der Waals surface area contributed by atoms with Crippen LogP contribution >= 0.6 is 0 Å². The van der Waals surface area contributed by atoms with E-state index in [1.165, 1.54) is 6.07 Å². The van der Waals surface area contributed by atoms with E-state index in [9.17, 15) is 9.18 Å². The molecule has 6 heteroatoms. The highest BCUT2D eigenvalue weighted by Gasteiger charge is 2.13. The van der Waals surface area contributed by atoms with E-state index < -0.39 is 5.82 Å². The van der Waals surface area contributed by atoms with Crippen LogP contribution in [0, 0.1) is 5.82 Å². The first-order valence-electron chi connectivity index (χ1n) is 5.94. The molecule has 0 saturated carbocycles. The Bertz CT molecular complexity index is 399. The molecule has 0 aromatic carbocycles. The molecule has 0 fully saturated rings. The van der Waals surface area contributed by atoms with Gasteiger partial charge in [-0.15, -0.1) is 0 Å². The van der Waals surface area contributed by atoms with Gasteiger partial charge < -0.3 is 15.4 Å². The van der Waals surface area contributed by atoms with Gasteiger partial charge in [0, 0.05) is 19.7 Å². The number of nitrogens with zero attached hydrogens (tertiary/aromatic N) is 1. The van der Waals surface area contributed by atoms with Crippen molar-refractivity contribution in [2.24, 2.45) is 0 Å². The SMILES string of the molecule is CCNc1ncc(F)cc1C(=O)NCCOCC. The predicted octanol–water partition coefficient (Wildman–Crippen LogP) is 1.42. The van der Waals surface area contributed by atoms with Gasteiger partial charge in [-0.3, -0.25) is 4.79 Å². The largest absolute Gasteiger partial charge is 0.380 e. The lowest BCUT2D eigenvalue weighted by Gasteiger charge is -2.10. The Morgan fingerprint density at radius 3 is 2.94 bits per heavy atom. The Morgan fingerprint density at radius 1 is 1.50 bits per heavy atom. The van der Waals surface area contributed by atoms with Gasteiger partial charge >= 0.3 is 0 Å². The molecule has 2 N–H and O–H groups in total. The van der Waals surface area contributed by atoms with Crippen LogP contribution in [0.15, 0.2) is 12.3 Å². The molecule has 18 heavy (non-hydrogen) atoms. The zero-order valence-electron chi connectivity index (χ0n) is 10.6. The zero-order valence-corrected chi connectivity index (χ0v) is 10.6. The molecule has 1 amide bonds. The van der Waals surface area contributed by atoms with Gasteiger partial charge in [0.25, 0.3) is 5.91 Å². The van der Waals surface area contributed by atoms with Gasteiger partial charge in [0.2, 0.25) is 0 Å². The van der Waals surface area contributed by atoms with E-state index in [1.54, 1.807) is 0 Å². The van der Waals surface area contributed by atoms with E-state index in [4.69, 9.17) is 4.74 Å². The van der Waals surface area contributed by atoms with E-state index in [1.807, 2.05) is 13.8 Å². The van der Waals surface area contributed by atoms with E-state index >= 15 is 0 Å². The van der Waals surface area contributed by atoms with Gasteiger partial charge in [0.1, 0.15) is 11.6 Å². The summed E-state index contributed by atoms with van der Waals surface area (Å²) in [5, 5.41) is 5.57. The lowest BCUT2D eigenvalue weighted by Crippen LogP contribution is -2.28. The Balaban J connectivity index is 2.67. The van der Waals surface area contributed by atoms with Crippen molar-refractivity contribution in [3.05, 3.63) is 23.6 Å². The van der Waals surface area contributed by atoms with Crippen LogP contribution in [-0.4, -0.2) is 37.2 Å². The number of halogens is 1. The third-order valence-electron chi connectivity index (χ3n) is 2.18. The van der Waals surface area contributed by atoms with E-state index in [2.05, 4.69) is 15.6 Å². The number of aromatic nitrogens is 1. The molecule has 1 aromatic rings. The van der Waals surface area contributed by atoms with Crippen molar-refractivity contribution in [1.29, 1.82) is 0 Å². The molecule has 1 rings (SSSR count).